The van der Waals surface area contributed by atoms with Gasteiger partial charge in [0.05, 0.1) is 10.7 Å². The normalized spacial score (nSPS) is 14.0. The fraction of sp³-hybridized carbons (Fsp3) is 0.235. The van der Waals surface area contributed by atoms with E-state index in [9.17, 15) is 4.79 Å². The number of aromatic nitrogens is 2. The van der Waals surface area contributed by atoms with Gasteiger partial charge in [-0.3, -0.25) is 4.79 Å². The van der Waals surface area contributed by atoms with Crippen LogP contribution in [0.4, 0.5) is 11.4 Å². The Morgan fingerprint density at radius 3 is 2.34 bits per heavy atom. The van der Waals surface area contributed by atoms with Gasteiger partial charge in [0.1, 0.15) is 5.65 Å². The zero-order valence-electron chi connectivity index (χ0n) is 23.9. The van der Waals surface area contributed by atoms with Crippen molar-refractivity contribution < 1.29 is 4.79 Å². The number of carbonyl (C=O) groups excluding carboxylic acids is 1. The minimum atomic E-state index is -0.106. The van der Waals surface area contributed by atoms with Gasteiger partial charge in [-0.25, -0.2) is 4.98 Å². The quantitative estimate of drug-likeness (QED) is 0.246. The molecule has 6 nitrogen and oxygen atoms in total. The molecule has 3 heterocycles. The van der Waals surface area contributed by atoms with Crippen LogP contribution in [0, 0.1) is 13.8 Å². The third-order valence-electron chi connectivity index (χ3n) is 8.18. The predicted octanol–water partition coefficient (Wildman–Crippen LogP) is 7.20. The maximum absolute atomic E-state index is 13.3. The lowest BCUT2D eigenvalue weighted by atomic mass is 9.99. The Balaban J connectivity index is 1.26. The lowest BCUT2D eigenvalue weighted by molar-refractivity contribution is 0.0993. The number of halogens is 1. The van der Waals surface area contributed by atoms with Gasteiger partial charge in [-0.2, -0.15) is 0 Å². The van der Waals surface area contributed by atoms with Crippen LogP contribution in [0.3, 0.4) is 0 Å². The largest absolute Gasteiger partial charge is 0.369 e. The highest BCUT2D eigenvalue weighted by Crippen LogP contribution is 2.34. The summed E-state index contributed by atoms with van der Waals surface area (Å²) < 4.78 is 0. The van der Waals surface area contributed by atoms with Crippen LogP contribution in [0.25, 0.3) is 33.3 Å². The molecule has 0 radical (unpaired) electrons. The number of H-pyrrole nitrogens is 1. The summed E-state index contributed by atoms with van der Waals surface area (Å²) in [6.07, 6.45) is 3.92. The predicted molar refractivity (Wildman–Crippen MR) is 170 cm³/mol. The second kappa shape index (κ2) is 11.0. The van der Waals surface area contributed by atoms with E-state index in [1.165, 1.54) is 11.3 Å². The highest BCUT2D eigenvalue weighted by Gasteiger charge is 2.19. The van der Waals surface area contributed by atoms with Crippen LogP contribution >= 0.6 is 11.6 Å². The van der Waals surface area contributed by atoms with Crippen LogP contribution in [-0.2, 0) is 0 Å². The highest BCUT2D eigenvalue weighted by atomic mass is 35.5. The topological polar surface area (TPSA) is 55.5 Å². The molecule has 1 N–H and O–H groups in total. The molecule has 1 fully saturated rings. The molecule has 5 aromatic rings. The van der Waals surface area contributed by atoms with E-state index in [1.807, 2.05) is 55.7 Å². The molecule has 2 aromatic heterocycles. The van der Waals surface area contributed by atoms with Gasteiger partial charge < -0.3 is 19.7 Å². The summed E-state index contributed by atoms with van der Waals surface area (Å²) in [5, 5.41) is 1.61. The van der Waals surface area contributed by atoms with Gasteiger partial charge in [0.15, 0.2) is 0 Å². The Kier molecular flexibility index (Phi) is 7.28. The van der Waals surface area contributed by atoms with Crippen LogP contribution in [0.1, 0.15) is 21.5 Å². The van der Waals surface area contributed by atoms with E-state index >= 15 is 0 Å². The average molecular weight is 564 g/mol. The van der Waals surface area contributed by atoms with E-state index in [0.29, 0.717) is 10.6 Å². The number of aromatic amines is 1. The molecule has 7 heteroatoms. The van der Waals surface area contributed by atoms with Gasteiger partial charge in [0.2, 0.25) is 0 Å². The van der Waals surface area contributed by atoms with Gasteiger partial charge in [0, 0.05) is 73.4 Å². The smallest absolute Gasteiger partial charge is 0.258 e. The lowest BCUT2D eigenvalue weighted by Gasteiger charge is -2.35. The molecule has 0 saturated carbocycles. The molecule has 0 bridgehead atoms. The molecule has 0 atom stereocenters. The first-order valence-corrected chi connectivity index (χ1v) is 14.3. The summed E-state index contributed by atoms with van der Waals surface area (Å²) in [6, 6.07) is 22.3. The first kappa shape index (κ1) is 27.1. The maximum atomic E-state index is 13.3. The molecular weight excluding hydrogens is 530 g/mol. The van der Waals surface area contributed by atoms with Crippen molar-refractivity contribution in [1.82, 2.24) is 14.9 Å². The number of anilines is 2. The molecule has 1 amide bonds. The van der Waals surface area contributed by atoms with E-state index in [-0.39, 0.29) is 5.91 Å². The minimum Gasteiger partial charge on any atom is -0.369 e. The Bertz CT molecular complexity index is 1710. The Morgan fingerprint density at radius 2 is 1.63 bits per heavy atom. The fourth-order valence-corrected chi connectivity index (χ4v) is 6.12. The number of piperazine rings is 1. The Hall–Kier alpha value is -4.13. The molecular formula is C34H34ClN5O. The lowest BCUT2D eigenvalue weighted by Crippen LogP contribution is -2.44. The summed E-state index contributed by atoms with van der Waals surface area (Å²) in [4.78, 5) is 27.8. The zero-order chi connectivity index (χ0) is 28.7. The van der Waals surface area contributed by atoms with Crippen LogP contribution in [-0.4, -0.2) is 61.0 Å². The van der Waals surface area contributed by atoms with E-state index in [1.54, 1.807) is 18.0 Å². The molecule has 1 aliphatic heterocycles. The molecule has 41 heavy (non-hydrogen) atoms. The number of para-hydroxylation sites is 1. The summed E-state index contributed by atoms with van der Waals surface area (Å²) in [5.74, 6) is -0.106. The van der Waals surface area contributed by atoms with Crippen molar-refractivity contribution in [2.45, 2.75) is 13.8 Å². The third kappa shape index (κ3) is 5.21. The number of aryl methyl sites for hydroxylation is 2. The average Bonchev–Trinajstić information content (AvgIpc) is 3.40. The molecule has 1 saturated heterocycles. The number of hydrogen-bond acceptors (Lipinski definition) is 4. The van der Waals surface area contributed by atoms with E-state index in [0.717, 1.165) is 70.7 Å². The van der Waals surface area contributed by atoms with Crippen LogP contribution in [0.15, 0.2) is 79.1 Å². The van der Waals surface area contributed by atoms with Crippen molar-refractivity contribution >= 4 is 39.9 Å². The van der Waals surface area contributed by atoms with Crippen LogP contribution in [0.2, 0.25) is 5.02 Å². The van der Waals surface area contributed by atoms with Crippen molar-refractivity contribution in [3.05, 3.63) is 101 Å². The van der Waals surface area contributed by atoms with Crippen molar-refractivity contribution in [2.24, 2.45) is 0 Å². The molecule has 0 aliphatic carbocycles. The van der Waals surface area contributed by atoms with Crippen molar-refractivity contribution in [1.29, 1.82) is 0 Å². The third-order valence-corrected chi connectivity index (χ3v) is 8.48. The SMILES string of the molecule is Cc1cc(-c2cnc3[nH]cc(-c4ccc(C(=O)N(C)c5c(C)cccc5Cl)cc4)c3c2)ccc1N1CCN(C)CC1. The molecule has 6 rings (SSSR count). The van der Waals surface area contributed by atoms with Gasteiger partial charge in [0.25, 0.3) is 5.91 Å². The Labute approximate surface area is 246 Å². The number of nitrogens with one attached hydrogen (secondary N) is 1. The van der Waals surface area contributed by atoms with Crippen molar-refractivity contribution in [2.75, 3.05) is 50.1 Å². The minimum absolute atomic E-state index is 0.106. The first-order valence-electron chi connectivity index (χ1n) is 14.0. The monoisotopic (exact) mass is 563 g/mol. The van der Waals surface area contributed by atoms with Crippen molar-refractivity contribution in [3.63, 3.8) is 0 Å². The van der Waals surface area contributed by atoms with E-state index < -0.39 is 0 Å². The fourth-order valence-electron chi connectivity index (χ4n) is 5.77. The molecule has 3 aromatic carbocycles. The number of nitrogens with zero attached hydrogens (tertiary/aromatic N) is 4. The van der Waals surface area contributed by atoms with Crippen LogP contribution in [0.5, 0.6) is 0 Å². The van der Waals surface area contributed by atoms with Gasteiger partial charge in [-0.05, 0) is 79.5 Å². The number of carbonyl (C=O) groups is 1. The molecule has 208 valence electrons. The number of amides is 1. The highest BCUT2D eigenvalue weighted by molar-refractivity contribution is 6.34. The van der Waals surface area contributed by atoms with E-state index in [4.69, 9.17) is 16.6 Å². The van der Waals surface area contributed by atoms with Crippen molar-refractivity contribution in [3.8, 4) is 22.3 Å². The van der Waals surface area contributed by atoms with Crippen LogP contribution < -0.4 is 9.80 Å². The number of hydrogen-bond donors (Lipinski definition) is 1. The maximum Gasteiger partial charge on any atom is 0.258 e. The summed E-state index contributed by atoms with van der Waals surface area (Å²) in [7, 11) is 3.94. The summed E-state index contributed by atoms with van der Waals surface area (Å²) in [5.41, 5.74) is 10.0. The summed E-state index contributed by atoms with van der Waals surface area (Å²) >= 11 is 6.41. The standard InChI is InChI=1S/C34H34ClN5O/c1-22-6-5-7-30(35)32(22)39(4)34(41)25-10-8-24(9-11-25)29-21-37-33-28(29)19-27(20-36-33)26-12-13-31(23(2)18-26)40-16-14-38(3)15-17-40/h5-13,18-21H,14-17H2,1-4H3,(H,36,37). The number of benzene rings is 3. The molecule has 0 spiro atoms. The second-order valence-corrected chi connectivity index (χ2v) is 11.4. The number of fused-ring (bicyclic) bond motifs is 1. The number of pyridine rings is 1. The molecule has 0 unspecified atom stereocenters. The number of rotatable bonds is 5. The Morgan fingerprint density at radius 1 is 0.902 bits per heavy atom. The van der Waals surface area contributed by atoms with Gasteiger partial charge in [-0.15, -0.1) is 0 Å². The second-order valence-electron chi connectivity index (χ2n) is 11.0. The summed E-state index contributed by atoms with van der Waals surface area (Å²) in [6.45, 7) is 8.43. The van der Waals surface area contributed by atoms with Gasteiger partial charge >= 0.3 is 0 Å². The zero-order valence-corrected chi connectivity index (χ0v) is 24.7. The molecule has 1 aliphatic rings. The first-order chi connectivity index (χ1) is 19.8. The van der Waals surface area contributed by atoms with E-state index in [2.05, 4.69) is 53.0 Å². The van der Waals surface area contributed by atoms with Gasteiger partial charge in [-0.1, -0.05) is 41.9 Å². The number of likely N-dealkylation sites (N-methyl/N-ethyl adjacent to an activating group) is 1.